The molecule has 2 heterocycles. The molecule has 0 aliphatic carbocycles. The Hall–Kier alpha value is -2.30. The smallest absolute Gasteiger partial charge is 0.218 e. The first-order chi connectivity index (χ1) is 8.83. The second-order valence-electron chi connectivity index (χ2n) is 3.59. The number of anilines is 1. The van der Waals surface area contributed by atoms with Crippen LogP contribution in [0.2, 0.25) is 0 Å². The van der Waals surface area contributed by atoms with Crippen LogP contribution in [0, 0.1) is 0 Å². The van der Waals surface area contributed by atoms with Gasteiger partial charge in [0.15, 0.2) is 0 Å². The van der Waals surface area contributed by atoms with Gasteiger partial charge in [-0.05, 0) is 12.1 Å². The summed E-state index contributed by atoms with van der Waals surface area (Å²) in [5.74, 6) is 1.95. The molecular formula is C13H15N3O2. The summed E-state index contributed by atoms with van der Waals surface area (Å²) in [6.45, 7) is 0.594. The van der Waals surface area contributed by atoms with Crippen molar-refractivity contribution >= 4 is 5.82 Å². The number of ether oxygens (including phenoxy) is 2. The molecule has 5 nitrogen and oxygen atoms in total. The number of methoxy groups -OCH3 is 2. The van der Waals surface area contributed by atoms with Gasteiger partial charge in [0.2, 0.25) is 11.8 Å². The molecule has 0 atom stereocenters. The van der Waals surface area contributed by atoms with E-state index >= 15 is 0 Å². The van der Waals surface area contributed by atoms with Gasteiger partial charge >= 0.3 is 0 Å². The summed E-state index contributed by atoms with van der Waals surface area (Å²) < 4.78 is 10.2. The molecule has 0 bridgehead atoms. The van der Waals surface area contributed by atoms with E-state index in [1.807, 2.05) is 24.3 Å². The molecule has 0 radical (unpaired) electrons. The van der Waals surface area contributed by atoms with Gasteiger partial charge in [0.25, 0.3) is 0 Å². The molecular weight excluding hydrogens is 230 g/mol. The number of nitrogens with one attached hydrogen (secondary N) is 1. The molecule has 2 aromatic rings. The Morgan fingerprint density at radius 3 is 2.78 bits per heavy atom. The van der Waals surface area contributed by atoms with Crippen LogP contribution in [0.4, 0.5) is 5.82 Å². The summed E-state index contributed by atoms with van der Waals surface area (Å²) >= 11 is 0. The van der Waals surface area contributed by atoms with Gasteiger partial charge in [-0.1, -0.05) is 12.1 Å². The van der Waals surface area contributed by atoms with Crippen molar-refractivity contribution < 1.29 is 9.47 Å². The van der Waals surface area contributed by atoms with Crippen molar-refractivity contribution in [2.45, 2.75) is 6.54 Å². The van der Waals surface area contributed by atoms with E-state index in [9.17, 15) is 0 Å². The van der Waals surface area contributed by atoms with Gasteiger partial charge in [-0.2, -0.15) is 4.98 Å². The molecule has 1 N–H and O–H groups in total. The summed E-state index contributed by atoms with van der Waals surface area (Å²) in [6.07, 6.45) is 1.70. The van der Waals surface area contributed by atoms with Gasteiger partial charge in [0, 0.05) is 24.4 Å². The quantitative estimate of drug-likeness (QED) is 0.874. The Labute approximate surface area is 106 Å². The van der Waals surface area contributed by atoms with Gasteiger partial charge < -0.3 is 14.8 Å². The largest absolute Gasteiger partial charge is 0.481 e. The molecule has 2 rings (SSSR count). The van der Waals surface area contributed by atoms with Crippen LogP contribution >= 0.6 is 0 Å². The zero-order valence-corrected chi connectivity index (χ0v) is 10.4. The van der Waals surface area contributed by atoms with E-state index < -0.39 is 0 Å². The lowest BCUT2D eigenvalue weighted by molar-refractivity contribution is 0.393. The predicted octanol–water partition coefficient (Wildman–Crippen LogP) is 2.11. The normalized spacial score (nSPS) is 9.89. The third kappa shape index (κ3) is 2.88. The van der Waals surface area contributed by atoms with Crippen molar-refractivity contribution in [2.75, 3.05) is 19.5 Å². The fourth-order valence-corrected chi connectivity index (χ4v) is 1.56. The molecule has 2 aromatic heterocycles. The number of rotatable bonds is 5. The van der Waals surface area contributed by atoms with E-state index in [-0.39, 0.29) is 0 Å². The molecule has 0 amide bonds. The maximum absolute atomic E-state index is 5.18. The van der Waals surface area contributed by atoms with E-state index in [1.165, 1.54) is 0 Å². The number of pyridine rings is 2. The molecule has 0 aromatic carbocycles. The van der Waals surface area contributed by atoms with Crippen LogP contribution in [-0.4, -0.2) is 24.2 Å². The number of hydrogen-bond acceptors (Lipinski definition) is 5. The van der Waals surface area contributed by atoms with E-state index in [0.29, 0.717) is 18.3 Å². The number of nitrogens with zero attached hydrogens (tertiary/aromatic N) is 2. The van der Waals surface area contributed by atoms with Gasteiger partial charge in [-0.25, -0.2) is 4.98 Å². The summed E-state index contributed by atoms with van der Waals surface area (Å²) in [5, 5.41) is 3.20. The molecule has 0 saturated heterocycles. The fraction of sp³-hybridized carbons (Fsp3) is 0.231. The monoisotopic (exact) mass is 245 g/mol. The minimum atomic E-state index is 0.582. The Morgan fingerprint density at radius 1 is 1.11 bits per heavy atom. The SMILES string of the molecule is COc1cccc(NCc2cccnc2OC)n1. The van der Waals surface area contributed by atoms with Crippen LogP contribution in [0.5, 0.6) is 11.8 Å². The number of aromatic nitrogens is 2. The zero-order chi connectivity index (χ0) is 12.8. The Kier molecular flexibility index (Phi) is 3.96. The summed E-state index contributed by atoms with van der Waals surface area (Å²) in [7, 11) is 3.20. The van der Waals surface area contributed by atoms with Crippen LogP contribution in [-0.2, 0) is 6.54 Å². The number of hydrogen-bond donors (Lipinski definition) is 1. The molecule has 0 spiro atoms. The second-order valence-corrected chi connectivity index (χ2v) is 3.59. The Morgan fingerprint density at radius 2 is 2.00 bits per heavy atom. The van der Waals surface area contributed by atoms with Crippen LogP contribution in [0.1, 0.15) is 5.56 Å². The molecule has 5 heteroatoms. The molecule has 0 aliphatic heterocycles. The van der Waals surface area contributed by atoms with Crippen LogP contribution in [0.15, 0.2) is 36.5 Å². The van der Waals surface area contributed by atoms with E-state index in [0.717, 1.165) is 11.4 Å². The molecule has 0 unspecified atom stereocenters. The first kappa shape index (κ1) is 12.2. The highest BCUT2D eigenvalue weighted by molar-refractivity contribution is 5.39. The lowest BCUT2D eigenvalue weighted by atomic mass is 10.2. The topological polar surface area (TPSA) is 56.3 Å². The zero-order valence-electron chi connectivity index (χ0n) is 10.4. The summed E-state index contributed by atoms with van der Waals surface area (Å²) in [4.78, 5) is 8.40. The van der Waals surface area contributed by atoms with Crippen LogP contribution in [0.25, 0.3) is 0 Å². The molecule has 0 saturated carbocycles. The molecule has 0 fully saturated rings. The third-order valence-electron chi connectivity index (χ3n) is 2.44. The van der Waals surface area contributed by atoms with Gasteiger partial charge in [0.1, 0.15) is 5.82 Å². The average Bonchev–Trinajstić information content (AvgIpc) is 2.45. The van der Waals surface area contributed by atoms with E-state index in [2.05, 4.69) is 15.3 Å². The van der Waals surface area contributed by atoms with Gasteiger partial charge in [-0.15, -0.1) is 0 Å². The highest BCUT2D eigenvalue weighted by Gasteiger charge is 2.03. The Bertz CT molecular complexity index is 517. The minimum absolute atomic E-state index is 0.582. The second kappa shape index (κ2) is 5.86. The van der Waals surface area contributed by atoms with Crippen molar-refractivity contribution in [2.24, 2.45) is 0 Å². The van der Waals surface area contributed by atoms with E-state index in [4.69, 9.17) is 9.47 Å². The maximum Gasteiger partial charge on any atom is 0.218 e. The first-order valence-electron chi connectivity index (χ1n) is 5.56. The van der Waals surface area contributed by atoms with Gasteiger partial charge in [-0.3, -0.25) is 0 Å². The van der Waals surface area contributed by atoms with Crippen LogP contribution in [0.3, 0.4) is 0 Å². The van der Waals surface area contributed by atoms with Crippen LogP contribution < -0.4 is 14.8 Å². The fourth-order valence-electron chi connectivity index (χ4n) is 1.56. The molecule has 94 valence electrons. The highest BCUT2D eigenvalue weighted by atomic mass is 16.5. The maximum atomic E-state index is 5.18. The summed E-state index contributed by atoms with van der Waals surface area (Å²) in [5.41, 5.74) is 0.976. The predicted molar refractivity (Wildman–Crippen MR) is 68.9 cm³/mol. The van der Waals surface area contributed by atoms with Crippen molar-refractivity contribution in [1.82, 2.24) is 9.97 Å². The minimum Gasteiger partial charge on any atom is -0.481 e. The van der Waals surface area contributed by atoms with Crippen molar-refractivity contribution in [3.05, 3.63) is 42.1 Å². The first-order valence-corrected chi connectivity index (χ1v) is 5.56. The molecule has 18 heavy (non-hydrogen) atoms. The van der Waals surface area contributed by atoms with Gasteiger partial charge in [0.05, 0.1) is 14.2 Å². The summed E-state index contributed by atoms with van der Waals surface area (Å²) in [6, 6.07) is 9.40. The average molecular weight is 245 g/mol. The third-order valence-corrected chi connectivity index (χ3v) is 2.44. The van der Waals surface area contributed by atoms with Crippen molar-refractivity contribution in [3.8, 4) is 11.8 Å². The highest BCUT2D eigenvalue weighted by Crippen LogP contribution is 2.16. The van der Waals surface area contributed by atoms with Crippen molar-refractivity contribution in [1.29, 1.82) is 0 Å². The molecule has 0 aliphatic rings. The lowest BCUT2D eigenvalue weighted by Gasteiger charge is -2.09. The van der Waals surface area contributed by atoms with E-state index in [1.54, 1.807) is 26.5 Å². The van der Waals surface area contributed by atoms with Crippen molar-refractivity contribution in [3.63, 3.8) is 0 Å². The lowest BCUT2D eigenvalue weighted by Crippen LogP contribution is -2.04. The Balaban J connectivity index is 2.06. The standard InChI is InChI=1S/C13H15N3O2/c1-17-12-7-3-6-11(16-12)15-9-10-5-4-8-14-13(10)18-2/h3-8H,9H2,1-2H3,(H,15,16).